The van der Waals surface area contributed by atoms with Gasteiger partial charge in [0, 0.05) is 32.2 Å². The SMILES string of the molecule is Cn1c(N2CCCCC2CNC2CC2)nc2ccccc21. The first kappa shape index (κ1) is 13.1. The minimum atomic E-state index is 0.592. The van der Waals surface area contributed by atoms with E-state index in [1.54, 1.807) is 0 Å². The van der Waals surface area contributed by atoms with Crippen molar-refractivity contribution in [2.75, 3.05) is 18.0 Å². The quantitative estimate of drug-likeness (QED) is 0.937. The number of nitrogens with one attached hydrogen (secondary N) is 1. The van der Waals surface area contributed by atoms with Gasteiger partial charge in [-0.2, -0.15) is 0 Å². The Morgan fingerprint density at radius 2 is 2.05 bits per heavy atom. The molecule has 1 aliphatic carbocycles. The van der Waals surface area contributed by atoms with Gasteiger partial charge in [-0.25, -0.2) is 4.98 Å². The van der Waals surface area contributed by atoms with Crippen LogP contribution in [0.15, 0.2) is 24.3 Å². The first-order chi connectivity index (χ1) is 10.3. The topological polar surface area (TPSA) is 33.1 Å². The van der Waals surface area contributed by atoms with Crippen molar-refractivity contribution in [3.63, 3.8) is 0 Å². The first-order valence-electron chi connectivity index (χ1n) is 8.24. The number of para-hydroxylation sites is 2. The van der Waals surface area contributed by atoms with Crippen molar-refractivity contribution >= 4 is 17.0 Å². The number of hydrogen-bond acceptors (Lipinski definition) is 3. The second-order valence-corrected chi connectivity index (χ2v) is 6.49. The molecule has 1 aliphatic heterocycles. The average molecular weight is 284 g/mol. The van der Waals surface area contributed by atoms with Gasteiger partial charge in [0.1, 0.15) is 0 Å². The monoisotopic (exact) mass is 284 g/mol. The Labute approximate surface area is 126 Å². The summed E-state index contributed by atoms with van der Waals surface area (Å²) in [6.45, 7) is 2.24. The van der Waals surface area contributed by atoms with Gasteiger partial charge in [-0.15, -0.1) is 0 Å². The molecule has 1 unspecified atom stereocenters. The molecule has 2 heterocycles. The highest BCUT2D eigenvalue weighted by molar-refractivity contribution is 5.78. The van der Waals surface area contributed by atoms with Gasteiger partial charge in [0.25, 0.3) is 0 Å². The predicted molar refractivity (Wildman–Crippen MR) is 86.7 cm³/mol. The Bertz CT molecular complexity index is 629. The van der Waals surface area contributed by atoms with E-state index in [9.17, 15) is 0 Å². The van der Waals surface area contributed by atoms with Crippen LogP contribution < -0.4 is 10.2 Å². The summed E-state index contributed by atoms with van der Waals surface area (Å²) in [5, 5.41) is 3.70. The highest BCUT2D eigenvalue weighted by Crippen LogP contribution is 2.27. The fourth-order valence-electron chi connectivity index (χ4n) is 3.46. The maximum Gasteiger partial charge on any atom is 0.206 e. The van der Waals surface area contributed by atoms with Crippen molar-refractivity contribution in [1.29, 1.82) is 0 Å². The number of anilines is 1. The van der Waals surface area contributed by atoms with Crippen LogP contribution in [0.3, 0.4) is 0 Å². The van der Waals surface area contributed by atoms with Gasteiger partial charge < -0.3 is 14.8 Å². The smallest absolute Gasteiger partial charge is 0.206 e. The molecule has 2 aromatic rings. The lowest BCUT2D eigenvalue weighted by Crippen LogP contribution is -2.47. The van der Waals surface area contributed by atoms with E-state index in [2.05, 4.69) is 46.1 Å². The first-order valence-corrected chi connectivity index (χ1v) is 8.24. The summed E-state index contributed by atoms with van der Waals surface area (Å²) >= 11 is 0. The second kappa shape index (κ2) is 5.34. The normalized spacial score (nSPS) is 22.9. The standard InChI is InChI=1S/C17H24N4/c1-20-16-8-3-2-7-15(16)19-17(20)21-11-5-4-6-14(21)12-18-13-9-10-13/h2-3,7-8,13-14,18H,4-6,9-12H2,1H3. The third-order valence-corrected chi connectivity index (χ3v) is 4.87. The zero-order valence-electron chi connectivity index (χ0n) is 12.8. The van der Waals surface area contributed by atoms with E-state index in [1.165, 1.54) is 37.6 Å². The van der Waals surface area contributed by atoms with Crippen molar-refractivity contribution in [2.24, 2.45) is 7.05 Å². The van der Waals surface area contributed by atoms with Crippen molar-refractivity contribution in [3.05, 3.63) is 24.3 Å². The van der Waals surface area contributed by atoms with E-state index < -0.39 is 0 Å². The molecule has 1 aromatic carbocycles. The maximum absolute atomic E-state index is 4.89. The van der Waals surface area contributed by atoms with Crippen LogP contribution in [0.5, 0.6) is 0 Å². The molecule has 1 saturated heterocycles. The van der Waals surface area contributed by atoms with Gasteiger partial charge in [0.15, 0.2) is 0 Å². The summed E-state index contributed by atoms with van der Waals surface area (Å²) in [7, 11) is 2.14. The molecule has 0 amide bonds. The molecule has 112 valence electrons. The molecule has 4 nitrogen and oxygen atoms in total. The van der Waals surface area contributed by atoms with E-state index in [1.807, 2.05) is 0 Å². The van der Waals surface area contributed by atoms with Crippen LogP contribution in [0.25, 0.3) is 11.0 Å². The molecule has 0 bridgehead atoms. The number of aromatic nitrogens is 2. The van der Waals surface area contributed by atoms with Crippen molar-refractivity contribution < 1.29 is 0 Å². The molecule has 1 N–H and O–H groups in total. The Morgan fingerprint density at radius 1 is 1.19 bits per heavy atom. The molecule has 4 rings (SSSR count). The molecule has 1 saturated carbocycles. The zero-order valence-corrected chi connectivity index (χ0v) is 12.8. The summed E-state index contributed by atoms with van der Waals surface area (Å²) in [4.78, 5) is 7.42. The lowest BCUT2D eigenvalue weighted by Gasteiger charge is -2.36. The van der Waals surface area contributed by atoms with E-state index in [4.69, 9.17) is 4.98 Å². The highest BCUT2D eigenvalue weighted by Gasteiger charge is 2.28. The number of benzene rings is 1. The average Bonchev–Trinajstić information content (AvgIpc) is 3.30. The number of hydrogen-bond donors (Lipinski definition) is 1. The third-order valence-electron chi connectivity index (χ3n) is 4.87. The molecular formula is C17H24N4. The Morgan fingerprint density at radius 3 is 2.86 bits per heavy atom. The van der Waals surface area contributed by atoms with Crippen molar-refractivity contribution in [3.8, 4) is 0 Å². The van der Waals surface area contributed by atoms with Crippen LogP contribution in [-0.4, -0.2) is 34.7 Å². The minimum absolute atomic E-state index is 0.592. The Hall–Kier alpha value is -1.55. The fourth-order valence-corrected chi connectivity index (χ4v) is 3.46. The largest absolute Gasteiger partial charge is 0.338 e. The number of piperidine rings is 1. The summed E-state index contributed by atoms with van der Waals surface area (Å²) in [6.07, 6.45) is 6.63. The number of imidazole rings is 1. The van der Waals surface area contributed by atoms with Crippen molar-refractivity contribution in [1.82, 2.24) is 14.9 Å². The molecule has 2 fully saturated rings. The number of nitrogens with zero attached hydrogens (tertiary/aromatic N) is 3. The lowest BCUT2D eigenvalue weighted by molar-refractivity contribution is 0.426. The second-order valence-electron chi connectivity index (χ2n) is 6.49. The number of aryl methyl sites for hydroxylation is 1. The van der Waals surface area contributed by atoms with Crippen molar-refractivity contribution in [2.45, 2.75) is 44.2 Å². The summed E-state index contributed by atoms with van der Waals surface area (Å²) in [5.41, 5.74) is 2.33. The van der Waals surface area contributed by atoms with E-state index in [0.29, 0.717) is 6.04 Å². The molecule has 4 heteroatoms. The summed E-state index contributed by atoms with van der Waals surface area (Å²) in [5.74, 6) is 1.14. The third kappa shape index (κ3) is 2.53. The maximum atomic E-state index is 4.89. The molecule has 0 spiro atoms. The molecule has 1 atom stereocenters. The fraction of sp³-hybridized carbons (Fsp3) is 0.588. The summed E-state index contributed by atoms with van der Waals surface area (Å²) in [6, 6.07) is 9.81. The van der Waals surface area contributed by atoms with E-state index in [-0.39, 0.29) is 0 Å². The number of rotatable bonds is 4. The van der Waals surface area contributed by atoms with Crippen LogP contribution >= 0.6 is 0 Å². The van der Waals surface area contributed by atoms with Crippen LogP contribution in [0.1, 0.15) is 32.1 Å². The number of fused-ring (bicyclic) bond motifs is 1. The van der Waals surface area contributed by atoms with Crippen LogP contribution in [0.2, 0.25) is 0 Å². The Kier molecular flexibility index (Phi) is 3.34. The van der Waals surface area contributed by atoms with Gasteiger partial charge >= 0.3 is 0 Å². The van der Waals surface area contributed by atoms with Gasteiger partial charge in [0.05, 0.1) is 11.0 Å². The minimum Gasteiger partial charge on any atom is -0.338 e. The zero-order chi connectivity index (χ0) is 14.2. The van der Waals surface area contributed by atoms with Gasteiger partial charge in [-0.05, 0) is 44.2 Å². The van der Waals surface area contributed by atoms with E-state index in [0.717, 1.165) is 30.6 Å². The van der Waals surface area contributed by atoms with E-state index >= 15 is 0 Å². The molecular weight excluding hydrogens is 260 g/mol. The van der Waals surface area contributed by atoms with Crippen LogP contribution in [0, 0.1) is 0 Å². The summed E-state index contributed by atoms with van der Waals surface area (Å²) < 4.78 is 2.25. The molecule has 2 aliphatic rings. The van der Waals surface area contributed by atoms with Crippen LogP contribution in [0.4, 0.5) is 5.95 Å². The Balaban J connectivity index is 1.62. The molecule has 0 radical (unpaired) electrons. The molecule has 1 aromatic heterocycles. The predicted octanol–water partition coefficient (Wildman–Crippen LogP) is 2.68. The van der Waals surface area contributed by atoms with Gasteiger partial charge in [-0.3, -0.25) is 0 Å². The molecule has 21 heavy (non-hydrogen) atoms. The lowest BCUT2D eigenvalue weighted by atomic mass is 10.0. The highest BCUT2D eigenvalue weighted by atomic mass is 15.3. The van der Waals surface area contributed by atoms with Crippen LogP contribution in [-0.2, 0) is 7.05 Å². The van der Waals surface area contributed by atoms with Gasteiger partial charge in [0.2, 0.25) is 5.95 Å². The van der Waals surface area contributed by atoms with Gasteiger partial charge in [-0.1, -0.05) is 12.1 Å².